The summed E-state index contributed by atoms with van der Waals surface area (Å²) in [5.74, 6) is -1.15. The third kappa shape index (κ3) is 3.80. The van der Waals surface area contributed by atoms with Crippen LogP contribution in [0.15, 0.2) is 47.0 Å². The van der Waals surface area contributed by atoms with Gasteiger partial charge in [-0.1, -0.05) is 0 Å². The van der Waals surface area contributed by atoms with Crippen molar-refractivity contribution in [2.75, 3.05) is 12.2 Å². The van der Waals surface area contributed by atoms with E-state index in [2.05, 4.69) is 15.3 Å². The summed E-state index contributed by atoms with van der Waals surface area (Å²) in [6, 6.07) is 4.69. The zero-order chi connectivity index (χ0) is 21.3. The molecular weight excluding hydrogens is 408 g/mol. The molecule has 0 unspecified atom stereocenters. The van der Waals surface area contributed by atoms with Gasteiger partial charge in [-0.3, -0.25) is 28.8 Å². The molecule has 1 aliphatic rings. The molecule has 4 rings (SSSR count). The van der Waals surface area contributed by atoms with Gasteiger partial charge in [0.15, 0.2) is 5.13 Å². The molecule has 0 aromatic carbocycles. The highest BCUT2D eigenvalue weighted by Gasteiger charge is 2.27. The van der Waals surface area contributed by atoms with Gasteiger partial charge < -0.3 is 11.1 Å². The molecule has 0 atom stereocenters. The number of amides is 2. The third-order valence-corrected chi connectivity index (χ3v) is 5.24. The van der Waals surface area contributed by atoms with Crippen LogP contribution in [0.2, 0.25) is 0 Å². The Balaban J connectivity index is 1.81. The molecule has 30 heavy (non-hydrogen) atoms. The fourth-order valence-corrected chi connectivity index (χ4v) is 3.49. The van der Waals surface area contributed by atoms with Gasteiger partial charge in [-0.25, -0.2) is 10.0 Å². The second-order valence-electron chi connectivity index (χ2n) is 6.56. The fraction of sp³-hybridized carbons (Fsp3) is 0.211. The average molecular weight is 426 g/mol. The van der Waals surface area contributed by atoms with Crippen molar-refractivity contribution in [3.8, 4) is 5.13 Å². The molecule has 0 bridgehead atoms. The standard InChI is InChI=1S/C19H18N6O4S/c1-29-25(14-3-2-7-24(18(14)28)19-21-6-8-30-19)15-9-13(17(27)23-11-4-5-11)22-10-12(15)16(20)26/h2-3,6-11H,4-5H2,1H3,(H2,20,26)(H,23,27). The minimum atomic E-state index is -0.773. The largest absolute Gasteiger partial charge is 0.365 e. The monoisotopic (exact) mass is 426 g/mol. The van der Waals surface area contributed by atoms with Gasteiger partial charge in [0.2, 0.25) is 0 Å². The number of primary amides is 1. The maximum atomic E-state index is 13.1. The summed E-state index contributed by atoms with van der Waals surface area (Å²) in [5.41, 5.74) is 5.40. The molecule has 3 aromatic heterocycles. The topological polar surface area (TPSA) is 132 Å². The molecule has 154 valence electrons. The van der Waals surface area contributed by atoms with Crippen molar-refractivity contribution in [1.29, 1.82) is 0 Å². The summed E-state index contributed by atoms with van der Waals surface area (Å²) in [4.78, 5) is 51.1. The van der Waals surface area contributed by atoms with Gasteiger partial charge in [-0.05, 0) is 31.0 Å². The van der Waals surface area contributed by atoms with Crippen molar-refractivity contribution in [3.05, 3.63) is 63.8 Å². The van der Waals surface area contributed by atoms with Gasteiger partial charge in [-0.2, -0.15) is 0 Å². The van der Waals surface area contributed by atoms with Crippen molar-refractivity contribution >= 4 is 34.5 Å². The lowest BCUT2D eigenvalue weighted by Crippen LogP contribution is -2.31. The third-order valence-electron chi connectivity index (χ3n) is 4.47. The van der Waals surface area contributed by atoms with E-state index in [0.29, 0.717) is 5.13 Å². The van der Waals surface area contributed by atoms with E-state index in [4.69, 9.17) is 10.6 Å². The number of hydrogen-bond donors (Lipinski definition) is 2. The van der Waals surface area contributed by atoms with Crippen molar-refractivity contribution < 1.29 is 14.4 Å². The zero-order valence-electron chi connectivity index (χ0n) is 15.9. The predicted octanol–water partition coefficient (Wildman–Crippen LogP) is 1.38. The summed E-state index contributed by atoms with van der Waals surface area (Å²) < 4.78 is 1.36. The lowest BCUT2D eigenvalue weighted by atomic mass is 10.1. The number of hydrogen-bond acceptors (Lipinski definition) is 8. The highest BCUT2D eigenvalue weighted by Crippen LogP contribution is 2.28. The van der Waals surface area contributed by atoms with E-state index < -0.39 is 11.5 Å². The van der Waals surface area contributed by atoms with Crippen LogP contribution in [0.4, 0.5) is 11.4 Å². The van der Waals surface area contributed by atoms with E-state index in [1.54, 1.807) is 23.8 Å². The van der Waals surface area contributed by atoms with Gasteiger partial charge in [0, 0.05) is 30.0 Å². The first kappa shape index (κ1) is 19.7. The second kappa shape index (κ2) is 8.05. The summed E-state index contributed by atoms with van der Waals surface area (Å²) >= 11 is 1.30. The lowest BCUT2D eigenvalue weighted by molar-refractivity contribution is 0.0942. The molecular formula is C19H18N6O4S. The smallest absolute Gasteiger partial charge is 0.283 e. The lowest BCUT2D eigenvalue weighted by Gasteiger charge is -2.23. The first-order valence-corrected chi connectivity index (χ1v) is 9.94. The quantitative estimate of drug-likeness (QED) is 0.545. The van der Waals surface area contributed by atoms with Crippen LogP contribution in [0, 0.1) is 0 Å². The molecule has 1 aliphatic carbocycles. The van der Waals surface area contributed by atoms with E-state index in [-0.39, 0.29) is 34.6 Å². The first-order valence-electron chi connectivity index (χ1n) is 9.06. The number of rotatable bonds is 7. The Morgan fingerprint density at radius 1 is 1.33 bits per heavy atom. The van der Waals surface area contributed by atoms with E-state index in [1.165, 1.54) is 41.3 Å². The van der Waals surface area contributed by atoms with E-state index in [1.807, 2.05) is 0 Å². The average Bonchev–Trinajstić information content (AvgIpc) is 3.38. The molecule has 0 spiro atoms. The zero-order valence-corrected chi connectivity index (χ0v) is 16.8. The van der Waals surface area contributed by atoms with Crippen molar-refractivity contribution in [3.63, 3.8) is 0 Å². The first-order chi connectivity index (χ1) is 14.5. The number of carbonyl (C=O) groups excluding carboxylic acids is 2. The molecule has 10 nitrogen and oxygen atoms in total. The van der Waals surface area contributed by atoms with Gasteiger partial charge in [0.25, 0.3) is 17.4 Å². The Hall–Kier alpha value is -3.57. The number of nitrogens with zero attached hydrogens (tertiary/aromatic N) is 4. The van der Waals surface area contributed by atoms with Crippen molar-refractivity contribution in [2.45, 2.75) is 18.9 Å². The summed E-state index contributed by atoms with van der Waals surface area (Å²) in [6.07, 6.45) is 6.21. The Morgan fingerprint density at radius 3 is 2.77 bits per heavy atom. The number of pyridine rings is 2. The van der Waals surface area contributed by atoms with Crippen LogP contribution in [0.5, 0.6) is 0 Å². The second-order valence-corrected chi connectivity index (χ2v) is 7.43. The number of nitrogens with two attached hydrogens (primary N) is 1. The fourth-order valence-electron chi connectivity index (χ4n) is 2.86. The Kier molecular flexibility index (Phi) is 5.29. The van der Waals surface area contributed by atoms with Crippen molar-refractivity contribution in [2.24, 2.45) is 5.73 Å². The van der Waals surface area contributed by atoms with Crippen LogP contribution >= 0.6 is 11.3 Å². The minimum absolute atomic E-state index is 0.00359. The molecule has 0 aliphatic heterocycles. The molecule has 1 fully saturated rings. The normalized spacial score (nSPS) is 13.1. The van der Waals surface area contributed by atoms with Gasteiger partial charge in [0.1, 0.15) is 11.4 Å². The van der Waals surface area contributed by atoms with Gasteiger partial charge in [-0.15, -0.1) is 11.3 Å². The molecule has 11 heteroatoms. The Labute approximate surface area is 174 Å². The summed E-state index contributed by atoms with van der Waals surface area (Å²) in [6.45, 7) is 0. The number of thiazole rings is 1. The molecule has 0 radical (unpaired) electrons. The van der Waals surface area contributed by atoms with E-state index >= 15 is 0 Å². The number of nitrogens with one attached hydrogen (secondary N) is 1. The van der Waals surface area contributed by atoms with E-state index in [9.17, 15) is 14.4 Å². The van der Waals surface area contributed by atoms with Crippen LogP contribution in [0.3, 0.4) is 0 Å². The molecule has 1 saturated carbocycles. The minimum Gasteiger partial charge on any atom is -0.365 e. The highest BCUT2D eigenvalue weighted by molar-refractivity contribution is 7.12. The van der Waals surface area contributed by atoms with Crippen LogP contribution in [-0.4, -0.2) is 39.5 Å². The Bertz CT molecular complexity index is 1160. The number of anilines is 2. The number of aromatic nitrogens is 3. The maximum Gasteiger partial charge on any atom is 0.283 e. The molecule has 3 N–H and O–H groups in total. The van der Waals surface area contributed by atoms with Crippen LogP contribution in [0.25, 0.3) is 5.13 Å². The van der Waals surface area contributed by atoms with E-state index in [0.717, 1.165) is 17.9 Å². The van der Waals surface area contributed by atoms with Crippen LogP contribution in [0.1, 0.15) is 33.7 Å². The molecule has 2 amide bonds. The highest BCUT2D eigenvalue weighted by atomic mass is 32.1. The van der Waals surface area contributed by atoms with Crippen LogP contribution < -0.4 is 21.7 Å². The van der Waals surface area contributed by atoms with Crippen LogP contribution in [-0.2, 0) is 4.84 Å². The summed E-state index contributed by atoms with van der Waals surface area (Å²) in [7, 11) is 1.34. The predicted molar refractivity (Wildman–Crippen MR) is 110 cm³/mol. The maximum absolute atomic E-state index is 13.1. The molecule has 0 saturated heterocycles. The van der Waals surface area contributed by atoms with Gasteiger partial charge in [0.05, 0.1) is 18.4 Å². The van der Waals surface area contributed by atoms with Crippen molar-refractivity contribution in [1.82, 2.24) is 19.9 Å². The van der Waals surface area contributed by atoms with Gasteiger partial charge >= 0.3 is 0 Å². The number of carbonyl (C=O) groups is 2. The SMILES string of the molecule is CON(c1cc(C(=O)NC2CC2)ncc1C(N)=O)c1cccn(-c2nccs2)c1=O. The molecule has 3 aromatic rings. The molecule has 3 heterocycles. The Morgan fingerprint density at radius 2 is 2.13 bits per heavy atom. The summed E-state index contributed by atoms with van der Waals surface area (Å²) in [5, 5.41) is 6.22.